The summed E-state index contributed by atoms with van der Waals surface area (Å²) in [5, 5.41) is 0.438. The van der Waals surface area contributed by atoms with Crippen LogP contribution in [-0.2, 0) is 9.59 Å². The van der Waals surface area contributed by atoms with Crippen LogP contribution in [0.4, 0.5) is 5.69 Å². The summed E-state index contributed by atoms with van der Waals surface area (Å²) in [5.41, 5.74) is 5.70. The highest BCUT2D eigenvalue weighted by molar-refractivity contribution is 6.41. The number of nitrogens with two attached hydrogens (primary N) is 1. The van der Waals surface area contributed by atoms with Gasteiger partial charge in [-0.3, -0.25) is 9.59 Å². The predicted octanol–water partition coefficient (Wildman–Crippen LogP) is 1.23. The average Bonchev–Trinajstić information content (AvgIpc) is 2.65. The average molecular weight is 274 g/mol. The molecule has 2 heterocycles. The summed E-state index contributed by atoms with van der Waals surface area (Å²) < 4.78 is 0. The van der Waals surface area contributed by atoms with Gasteiger partial charge in [0.2, 0.25) is 11.8 Å². The van der Waals surface area contributed by atoms with Crippen LogP contribution in [0.15, 0.2) is 12.3 Å². The SMILES string of the molecule is NC(=O)C1CC(=O)N(c2cnc(Cl)c(Cl)c2)C1. The van der Waals surface area contributed by atoms with Crippen molar-refractivity contribution in [3.05, 3.63) is 22.4 Å². The van der Waals surface area contributed by atoms with E-state index in [2.05, 4.69) is 4.98 Å². The van der Waals surface area contributed by atoms with E-state index in [0.29, 0.717) is 5.69 Å². The summed E-state index contributed by atoms with van der Waals surface area (Å²) in [5.74, 6) is -1.11. The van der Waals surface area contributed by atoms with Crippen LogP contribution in [-0.4, -0.2) is 23.3 Å². The van der Waals surface area contributed by atoms with Gasteiger partial charge in [0, 0.05) is 13.0 Å². The van der Waals surface area contributed by atoms with Crippen LogP contribution in [0.1, 0.15) is 6.42 Å². The van der Waals surface area contributed by atoms with Crippen LogP contribution >= 0.6 is 23.2 Å². The topological polar surface area (TPSA) is 76.3 Å². The Kier molecular flexibility index (Phi) is 3.22. The quantitative estimate of drug-likeness (QED) is 0.824. The van der Waals surface area contributed by atoms with E-state index in [0.717, 1.165) is 0 Å². The van der Waals surface area contributed by atoms with E-state index in [1.165, 1.54) is 17.2 Å². The van der Waals surface area contributed by atoms with Gasteiger partial charge in [-0.15, -0.1) is 0 Å². The molecule has 1 aliphatic rings. The summed E-state index contributed by atoms with van der Waals surface area (Å²) in [6, 6.07) is 1.54. The number of hydrogen-bond donors (Lipinski definition) is 1. The zero-order valence-corrected chi connectivity index (χ0v) is 10.2. The number of anilines is 1. The zero-order valence-electron chi connectivity index (χ0n) is 8.69. The predicted molar refractivity (Wildman–Crippen MR) is 63.9 cm³/mol. The second-order valence-corrected chi connectivity index (χ2v) is 4.54. The van der Waals surface area contributed by atoms with Crippen molar-refractivity contribution >= 4 is 40.7 Å². The first-order chi connectivity index (χ1) is 7.99. The fraction of sp³-hybridized carbons (Fsp3) is 0.300. The maximum Gasteiger partial charge on any atom is 0.227 e. The van der Waals surface area contributed by atoms with Gasteiger partial charge in [0.05, 0.1) is 22.8 Å². The lowest BCUT2D eigenvalue weighted by molar-refractivity contribution is -0.123. The molecule has 1 unspecified atom stereocenters. The lowest BCUT2D eigenvalue weighted by atomic mass is 10.1. The van der Waals surface area contributed by atoms with Crippen LogP contribution in [0.3, 0.4) is 0 Å². The zero-order chi connectivity index (χ0) is 12.6. The van der Waals surface area contributed by atoms with Crippen molar-refractivity contribution in [1.29, 1.82) is 0 Å². The summed E-state index contributed by atoms with van der Waals surface area (Å²) >= 11 is 11.5. The maximum atomic E-state index is 11.7. The summed E-state index contributed by atoms with van der Waals surface area (Å²) in [6.07, 6.45) is 1.56. The first kappa shape index (κ1) is 12.1. The summed E-state index contributed by atoms with van der Waals surface area (Å²) in [7, 11) is 0. The molecule has 2 amide bonds. The number of nitrogens with zero attached hydrogens (tertiary/aromatic N) is 2. The van der Waals surface area contributed by atoms with E-state index in [4.69, 9.17) is 28.9 Å². The molecule has 1 atom stereocenters. The highest BCUT2D eigenvalue weighted by atomic mass is 35.5. The third-order valence-electron chi connectivity index (χ3n) is 2.62. The Morgan fingerprint density at radius 1 is 1.53 bits per heavy atom. The number of pyridine rings is 1. The minimum atomic E-state index is -0.478. The Bertz CT molecular complexity index is 492. The minimum absolute atomic E-state index is 0.121. The number of primary amides is 1. The van der Waals surface area contributed by atoms with E-state index in [-0.39, 0.29) is 29.0 Å². The van der Waals surface area contributed by atoms with Crippen molar-refractivity contribution in [3.8, 4) is 0 Å². The van der Waals surface area contributed by atoms with Gasteiger partial charge in [-0.1, -0.05) is 23.2 Å². The van der Waals surface area contributed by atoms with E-state index >= 15 is 0 Å². The molecule has 1 fully saturated rings. The standard InChI is InChI=1S/C10H9Cl2N3O2/c11-7-2-6(3-14-9(7)12)15-4-5(10(13)17)1-8(15)16/h2-3,5H,1,4H2,(H2,13,17). The lowest BCUT2D eigenvalue weighted by Gasteiger charge is -2.16. The lowest BCUT2D eigenvalue weighted by Crippen LogP contribution is -2.28. The molecule has 1 aliphatic heterocycles. The van der Waals surface area contributed by atoms with Crippen molar-refractivity contribution in [2.75, 3.05) is 11.4 Å². The summed E-state index contributed by atoms with van der Waals surface area (Å²) in [4.78, 5) is 28.0. The van der Waals surface area contributed by atoms with Crippen molar-refractivity contribution in [2.24, 2.45) is 11.7 Å². The molecule has 17 heavy (non-hydrogen) atoms. The van der Waals surface area contributed by atoms with Crippen molar-refractivity contribution in [3.63, 3.8) is 0 Å². The normalized spacial score (nSPS) is 19.8. The number of carbonyl (C=O) groups excluding carboxylic acids is 2. The highest BCUT2D eigenvalue weighted by Gasteiger charge is 2.34. The van der Waals surface area contributed by atoms with Crippen molar-refractivity contribution < 1.29 is 9.59 Å². The third kappa shape index (κ3) is 2.35. The van der Waals surface area contributed by atoms with Crippen molar-refractivity contribution in [1.82, 2.24) is 4.98 Å². The molecule has 0 aromatic carbocycles. The van der Waals surface area contributed by atoms with E-state index < -0.39 is 11.8 Å². The Labute approximate surface area is 107 Å². The Hall–Kier alpha value is -1.33. The van der Waals surface area contributed by atoms with Crippen LogP contribution in [0.2, 0.25) is 10.2 Å². The second-order valence-electron chi connectivity index (χ2n) is 3.77. The largest absolute Gasteiger partial charge is 0.369 e. The van der Waals surface area contributed by atoms with E-state index in [1.54, 1.807) is 0 Å². The fourth-order valence-electron chi connectivity index (χ4n) is 1.71. The molecular formula is C10H9Cl2N3O2. The number of aromatic nitrogens is 1. The Balaban J connectivity index is 2.26. The number of hydrogen-bond acceptors (Lipinski definition) is 3. The second kappa shape index (κ2) is 4.50. The van der Waals surface area contributed by atoms with Crippen LogP contribution < -0.4 is 10.6 Å². The molecule has 0 radical (unpaired) electrons. The molecule has 0 aliphatic carbocycles. The molecule has 0 spiro atoms. The highest BCUT2D eigenvalue weighted by Crippen LogP contribution is 2.29. The van der Waals surface area contributed by atoms with Crippen molar-refractivity contribution in [2.45, 2.75) is 6.42 Å². The number of carbonyl (C=O) groups is 2. The van der Waals surface area contributed by atoms with Gasteiger partial charge in [-0.25, -0.2) is 4.98 Å². The van der Waals surface area contributed by atoms with Gasteiger partial charge in [0.1, 0.15) is 5.15 Å². The molecule has 1 aromatic heterocycles. The van der Waals surface area contributed by atoms with Gasteiger partial charge in [0.15, 0.2) is 0 Å². The smallest absolute Gasteiger partial charge is 0.227 e. The van der Waals surface area contributed by atoms with Crippen LogP contribution in [0.25, 0.3) is 0 Å². The molecule has 90 valence electrons. The minimum Gasteiger partial charge on any atom is -0.369 e. The first-order valence-electron chi connectivity index (χ1n) is 4.89. The third-order valence-corrected chi connectivity index (χ3v) is 3.31. The molecule has 2 N–H and O–H groups in total. The van der Waals surface area contributed by atoms with Gasteiger partial charge < -0.3 is 10.6 Å². The molecular weight excluding hydrogens is 265 g/mol. The van der Waals surface area contributed by atoms with Gasteiger partial charge in [-0.2, -0.15) is 0 Å². The molecule has 7 heteroatoms. The van der Waals surface area contributed by atoms with Gasteiger partial charge in [-0.05, 0) is 6.07 Å². The molecule has 2 rings (SSSR count). The number of halogens is 2. The fourth-order valence-corrected chi connectivity index (χ4v) is 1.97. The molecule has 1 aromatic rings. The van der Waals surface area contributed by atoms with Crippen LogP contribution in [0, 0.1) is 5.92 Å². The Morgan fingerprint density at radius 3 is 2.76 bits per heavy atom. The Morgan fingerprint density at radius 2 is 2.24 bits per heavy atom. The van der Waals surface area contributed by atoms with Crippen LogP contribution in [0.5, 0.6) is 0 Å². The first-order valence-corrected chi connectivity index (χ1v) is 5.65. The molecule has 5 nitrogen and oxygen atoms in total. The van der Waals surface area contributed by atoms with E-state index in [1.807, 2.05) is 0 Å². The van der Waals surface area contributed by atoms with E-state index in [9.17, 15) is 9.59 Å². The molecule has 0 bridgehead atoms. The maximum absolute atomic E-state index is 11.7. The van der Waals surface area contributed by atoms with Gasteiger partial charge in [0.25, 0.3) is 0 Å². The number of rotatable bonds is 2. The summed E-state index contributed by atoms with van der Waals surface area (Å²) in [6.45, 7) is 0.258. The van der Waals surface area contributed by atoms with Gasteiger partial charge >= 0.3 is 0 Å². The molecule has 0 saturated carbocycles. The monoisotopic (exact) mass is 273 g/mol. The number of amides is 2. The molecule has 1 saturated heterocycles.